The Balaban J connectivity index is 1.81. The van der Waals surface area contributed by atoms with Crippen LogP contribution in [-0.2, 0) is 16.0 Å². The Morgan fingerprint density at radius 2 is 1.55 bits per heavy atom. The SMILES string of the molecule is O=C(Cc1ccccc1)NCC(=O)Nc1cc(F)cc(F)c1. The van der Waals surface area contributed by atoms with E-state index >= 15 is 0 Å². The molecule has 0 aliphatic carbocycles. The molecule has 0 aromatic heterocycles. The number of amides is 2. The average Bonchev–Trinajstić information content (AvgIpc) is 2.45. The third-order valence-electron chi connectivity index (χ3n) is 2.80. The number of nitrogens with one attached hydrogen (secondary N) is 2. The van der Waals surface area contributed by atoms with Crippen LogP contribution in [0.15, 0.2) is 48.5 Å². The van der Waals surface area contributed by atoms with E-state index in [-0.39, 0.29) is 24.6 Å². The second kappa shape index (κ2) is 7.31. The molecule has 0 fully saturated rings. The van der Waals surface area contributed by atoms with Crippen LogP contribution in [0.25, 0.3) is 0 Å². The highest BCUT2D eigenvalue weighted by atomic mass is 19.1. The van der Waals surface area contributed by atoms with Gasteiger partial charge in [-0.1, -0.05) is 30.3 Å². The lowest BCUT2D eigenvalue weighted by molar-refractivity contribution is -0.123. The predicted molar refractivity (Wildman–Crippen MR) is 78.1 cm³/mol. The van der Waals surface area contributed by atoms with Crippen LogP contribution in [-0.4, -0.2) is 18.4 Å². The van der Waals surface area contributed by atoms with E-state index in [4.69, 9.17) is 0 Å². The Morgan fingerprint density at radius 3 is 2.18 bits per heavy atom. The molecular weight excluding hydrogens is 290 g/mol. The maximum Gasteiger partial charge on any atom is 0.243 e. The average molecular weight is 304 g/mol. The summed E-state index contributed by atoms with van der Waals surface area (Å²) in [6, 6.07) is 11.8. The van der Waals surface area contributed by atoms with Crippen molar-refractivity contribution in [2.75, 3.05) is 11.9 Å². The molecule has 2 amide bonds. The number of carbonyl (C=O) groups is 2. The van der Waals surface area contributed by atoms with E-state index in [1.165, 1.54) is 0 Å². The first-order valence-electron chi connectivity index (χ1n) is 6.59. The van der Waals surface area contributed by atoms with Crippen molar-refractivity contribution in [2.45, 2.75) is 6.42 Å². The lowest BCUT2D eigenvalue weighted by Gasteiger charge is -2.07. The fraction of sp³-hybridized carbons (Fsp3) is 0.125. The third-order valence-corrected chi connectivity index (χ3v) is 2.80. The first kappa shape index (κ1) is 15.6. The van der Waals surface area contributed by atoms with Crippen LogP contribution < -0.4 is 10.6 Å². The molecule has 0 aliphatic rings. The number of carbonyl (C=O) groups excluding carboxylic acids is 2. The monoisotopic (exact) mass is 304 g/mol. The van der Waals surface area contributed by atoms with Gasteiger partial charge in [0.2, 0.25) is 11.8 Å². The van der Waals surface area contributed by atoms with Crippen molar-refractivity contribution in [1.82, 2.24) is 5.32 Å². The van der Waals surface area contributed by atoms with E-state index < -0.39 is 17.5 Å². The van der Waals surface area contributed by atoms with Gasteiger partial charge in [-0.3, -0.25) is 9.59 Å². The zero-order valence-corrected chi connectivity index (χ0v) is 11.6. The van der Waals surface area contributed by atoms with Gasteiger partial charge in [-0.15, -0.1) is 0 Å². The zero-order chi connectivity index (χ0) is 15.9. The first-order valence-corrected chi connectivity index (χ1v) is 6.59. The lowest BCUT2D eigenvalue weighted by atomic mass is 10.1. The number of hydrogen-bond donors (Lipinski definition) is 2. The summed E-state index contributed by atoms with van der Waals surface area (Å²) < 4.78 is 25.9. The highest BCUT2D eigenvalue weighted by molar-refractivity contribution is 5.94. The lowest BCUT2D eigenvalue weighted by Crippen LogP contribution is -2.33. The van der Waals surface area contributed by atoms with Crippen molar-refractivity contribution in [3.05, 3.63) is 65.7 Å². The minimum absolute atomic E-state index is 0.000177. The van der Waals surface area contributed by atoms with E-state index in [1.807, 2.05) is 18.2 Å². The van der Waals surface area contributed by atoms with Gasteiger partial charge < -0.3 is 10.6 Å². The van der Waals surface area contributed by atoms with E-state index in [9.17, 15) is 18.4 Å². The van der Waals surface area contributed by atoms with Crippen molar-refractivity contribution >= 4 is 17.5 Å². The first-order chi connectivity index (χ1) is 10.5. The minimum Gasteiger partial charge on any atom is -0.347 e. The van der Waals surface area contributed by atoms with Gasteiger partial charge in [-0.2, -0.15) is 0 Å². The molecule has 0 spiro atoms. The molecule has 4 nitrogen and oxygen atoms in total. The van der Waals surface area contributed by atoms with Crippen LogP contribution >= 0.6 is 0 Å². The predicted octanol–water partition coefficient (Wildman–Crippen LogP) is 2.26. The van der Waals surface area contributed by atoms with Crippen molar-refractivity contribution in [3.8, 4) is 0 Å². The van der Waals surface area contributed by atoms with Crippen molar-refractivity contribution in [1.29, 1.82) is 0 Å². The maximum absolute atomic E-state index is 13.0. The molecule has 0 saturated heterocycles. The molecule has 0 atom stereocenters. The van der Waals surface area contributed by atoms with Crippen LogP contribution in [0, 0.1) is 11.6 Å². The fourth-order valence-corrected chi connectivity index (χ4v) is 1.85. The van der Waals surface area contributed by atoms with Gasteiger partial charge in [-0.25, -0.2) is 8.78 Å². The number of rotatable bonds is 5. The number of benzene rings is 2. The molecule has 2 aromatic rings. The molecule has 0 bridgehead atoms. The summed E-state index contributed by atoms with van der Waals surface area (Å²) in [7, 11) is 0. The van der Waals surface area contributed by atoms with Crippen LogP contribution in [0.5, 0.6) is 0 Å². The Kier molecular flexibility index (Phi) is 5.19. The van der Waals surface area contributed by atoms with Crippen LogP contribution in [0.4, 0.5) is 14.5 Å². The standard InChI is InChI=1S/C16H14F2N2O2/c17-12-7-13(18)9-14(8-12)20-16(22)10-19-15(21)6-11-4-2-1-3-5-11/h1-5,7-9H,6,10H2,(H,19,21)(H,20,22). The molecule has 0 radical (unpaired) electrons. The Labute approximate surface area is 126 Å². The van der Waals surface area contributed by atoms with Gasteiger partial charge in [0.15, 0.2) is 0 Å². The smallest absolute Gasteiger partial charge is 0.243 e. The molecule has 114 valence electrons. The molecule has 2 aromatic carbocycles. The normalized spacial score (nSPS) is 10.1. The summed E-state index contributed by atoms with van der Waals surface area (Å²) in [5.74, 6) is -2.45. The van der Waals surface area contributed by atoms with Gasteiger partial charge in [-0.05, 0) is 17.7 Å². The van der Waals surface area contributed by atoms with Crippen molar-refractivity contribution in [3.63, 3.8) is 0 Å². The van der Waals surface area contributed by atoms with Gasteiger partial charge >= 0.3 is 0 Å². The fourth-order valence-electron chi connectivity index (χ4n) is 1.85. The second-order valence-corrected chi connectivity index (χ2v) is 4.65. The Bertz CT molecular complexity index is 655. The summed E-state index contributed by atoms with van der Waals surface area (Å²) >= 11 is 0. The Morgan fingerprint density at radius 1 is 0.909 bits per heavy atom. The Hall–Kier alpha value is -2.76. The van der Waals surface area contributed by atoms with Crippen molar-refractivity contribution < 1.29 is 18.4 Å². The highest BCUT2D eigenvalue weighted by Crippen LogP contribution is 2.12. The summed E-state index contributed by atoms with van der Waals surface area (Å²) in [4.78, 5) is 23.3. The molecule has 0 saturated carbocycles. The highest BCUT2D eigenvalue weighted by Gasteiger charge is 2.08. The molecule has 22 heavy (non-hydrogen) atoms. The third kappa shape index (κ3) is 4.97. The van der Waals surface area contributed by atoms with Gasteiger partial charge in [0.05, 0.1) is 13.0 Å². The van der Waals surface area contributed by atoms with Crippen LogP contribution in [0.2, 0.25) is 0 Å². The van der Waals surface area contributed by atoms with Crippen LogP contribution in [0.3, 0.4) is 0 Å². The summed E-state index contributed by atoms with van der Waals surface area (Å²) in [5, 5.41) is 4.75. The minimum atomic E-state index is -0.789. The second-order valence-electron chi connectivity index (χ2n) is 4.65. The van der Waals surface area contributed by atoms with E-state index in [1.54, 1.807) is 12.1 Å². The van der Waals surface area contributed by atoms with Crippen LogP contribution in [0.1, 0.15) is 5.56 Å². The number of hydrogen-bond acceptors (Lipinski definition) is 2. The zero-order valence-electron chi connectivity index (χ0n) is 11.6. The van der Waals surface area contributed by atoms with E-state index in [2.05, 4.69) is 10.6 Å². The number of anilines is 1. The molecule has 0 aliphatic heterocycles. The maximum atomic E-state index is 13.0. The largest absolute Gasteiger partial charge is 0.347 e. The molecule has 0 unspecified atom stereocenters. The van der Waals surface area contributed by atoms with Crippen molar-refractivity contribution in [2.24, 2.45) is 0 Å². The quantitative estimate of drug-likeness (QED) is 0.890. The summed E-state index contributed by atoms with van der Waals surface area (Å²) in [5.41, 5.74) is 0.826. The van der Waals surface area contributed by atoms with Gasteiger partial charge in [0, 0.05) is 11.8 Å². The molecule has 6 heteroatoms. The topological polar surface area (TPSA) is 58.2 Å². The molecule has 2 rings (SSSR count). The molecular formula is C16H14F2N2O2. The molecule has 2 N–H and O–H groups in total. The van der Waals surface area contributed by atoms with E-state index in [0.717, 1.165) is 17.7 Å². The van der Waals surface area contributed by atoms with E-state index in [0.29, 0.717) is 6.07 Å². The number of halogens is 2. The molecule has 0 heterocycles. The van der Waals surface area contributed by atoms with Gasteiger partial charge in [0.1, 0.15) is 11.6 Å². The summed E-state index contributed by atoms with van der Waals surface area (Å²) in [6.07, 6.45) is 0.155. The summed E-state index contributed by atoms with van der Waals surface area (Å²) in [6.45, 7) is -0.274. The van der Waals surface area contributed by atoms with Gasteiger partial charge in [0.25, 0.3) is 0 Å².